The van der Waals surface area contributed by atoms with Crippen LogP contribution >= 0.6 is 0 Å². The highest BCUT2D eigenvalue weighted by atomic mass is 16.5. The maximum absolute atomic E-state index is 5.49. The zero-order valence-electron chi connectivity index (χ0n) is 14.0. The predicted octanol–water partition coefficient (Wildman–Crippen LogP) is 2.98. The average Bonchev–Trinajstić information content (AvgIpc) is 3.16. The summed E-state index contributed by atoms with van der Waals surface area (Å²) in [5, 5.41) is 5.47. The first-order chi connectivity index (χ1) is 11.8. The van der Waals surface area contributed by atoms with Crippen molar-refractivity contribution in [3.8, 4) is 5.75 Å². The number of nitrogens with zero attached hydrogens (tertiary/aromatic N) is 5. The van der Waals surface area contributed by atoms with Crippen LogP contribution in [0.25, 0.3) is 10.9 Å². The number of fused-ring (bicyclic) bond motifs is 1. The first-order valence-electron chi connectivity index (χ1n) is 8.29. The fourth-order valence-corrected chi connectivity index (χ4v) is 3.65. The van der Waals surface area contributed by atoms with Gasteiger partial charge in [-0.2, -0.15) is 5.10 Å². The number of methoxy groups -OCH3 is 1. The largest absolute Gasteiger partial charge is 0.494 e. The lowest BCUT2D eigenvalue weighted by Gasteiger charge is -2.35. The Kier molecular flexibility index (Phi) is 3.80. The monoisotopic (exact) mass is 323 g/mol. The molecule has 1 atom stereocenters. The Labute approximate surface area is 141 Å². The molecule has 0 bridgehead atoms. The molecule has 0 amide bonds. The van der Waals surface area contributed by atoms with Crippen molar-refractivity contribution in [1.29, 1.82) is 0 Å². The minimum Gasteiger partial charge on any atom is -0.494 e. The van der Waals surface area contributed by atoms with E-state index in [0.29, 0.717) is 6.04 Å². The number of para-hydroxylation sites is 1. The summed E-state index contributed by atoms with van der Waals surface area (Å²) in [6, 6.07) is 6.48. The molecule has 3 aromatic rings. The van der Waals surface area contributed by atoms with Gasteiger partial charge in [-0.15, -0.1) is 0 Å². The van der Waals surface area contributed by atoms with Crippen molar-refractivity contribution in [2.24, 2.45) is 0 Å². The number of rotatable bonds is 3. The number of anilines is 1. The van der Waals surface area contributed by atoms with E-state index in [1.165, 1.54) is 11.3 Å². The van der Waals surface area contributed by atoms with Crippen LogP contribution in [0.5, 0.6) is 5.75 Å². The van der Waals surface area contributed by atoms with E-state index in [1.54, 1.807) is 13.4 Å². The molecule has 124 valence electrons. The molecule has 24 heavy (non-hydrogen) atoms. The molecule has 1 saturated heterocycles. The van der Waals surface area contributed by atoms with E-state index >= 15 is 0 Å². The van der Waals surface area contributed by atoms with E-state index in [1.807, 2.05) is 29.3 Å². The molecule has 6 heteroatoms. The van der Waals surface area contributed by atoms with Crippen molar-refractivity contribution in [3.63, 3.8) is 0 Å². The van der Waals surface area contributed by atoms with Crippen molar-refractivity contribution in [2.75, 3.05) is 25.1 Å². The Morgan fingerprint density at radius 3 is 3.00 bits per heavy atom. The van der Waals surface area contributed by atoms with Crippen molar-refractivity contribution in [2.45, 2.75) is 25.8 Å². The lowest BCUT2D eigenvalue weighted by Crippen LogP contribution is -2.37. The summed E-state index contributed by atoms with van der Waals surface area (Å²) in [5.41, 5.74) is 3.36. The molecular weight excluding hydrogens is 302 g/mol. The Hall–Kier alpha value is -2.63. The van der Waals surface area contributed by atoms with E-state index < -0.39 is 0 Å². The number of pyridine rings is 1. The van der Waals surface area contributed by atoms with Crippen molar-refractivity contribution in [3.05, 3.63) is 42.6 Å². The van der Waals surface area contributed by atoms with Crippen LogP contribution in [0.4, 0.5) is 5.69 Å². The van der Waals surface area contributed by atoms with Crippen LogP contribution in [-0.4, -0.2) is 39.9 Å². The van der Waals surface area contributed by atoms with Gasteiger partial charge in [0.1, 0.15) is 23.9 Å². The molecule has 0 spiro atoms. The molecular formula is C18H21N5O. The minimum atomic E-state index is 0.356. The standard InChI is InChI=1S/C18H21N5O/c1-13-9-20-17-15(6-3-7-16(17)24-2)18(13)22-8-4-5-14(10-22)23-12-19-11-21-23/h3,6-7,9,11-12,14H,4-5,8,10H2,1-2H3. The van der Waals surface area contributed by atoms with E-state index in [4.69, 9.17) is 4.74 Å². The summed E-state index contributed by atoms with van der Waals surface area (Å²) in [4.78, 5) is 11.1. The van der Waals surface area contributed by atoms with Gasteiger partial charge >= 0.3 is 0 Å². The van der Waals surface area contributed by atoms with Crippen molar-refractivity contribution < 1.29 is 4.74 Å². The summed E-state index contributed by atoms with van der Waals surface area (Å²) < 4.78 is 7.46. The molecule has 6 nitrogen and oxygen atoms in total. The quantitative estimate of drug-likeness (QED) is 0.741. The molecule has 4 rings (SSSR count). The van der Waals surface area contributed by atoms with Gasteiger partial charge in [-0.05, 0) is 31.4 Å². The van der Waals surface area contributed by atoms with Crippen LogP contribution in [0.1, 0.15) is 24.4 Å². The molecule has 1 aliphatic heterocycles. The van der Waals surface area contributed by atoms with Gasteiger partial charge in [0.25, 0.3) is 0 Å². The summed E-state index contributed by atoms with van der Waals surface area (Å²) in [7, 11) is 1.69. The zero-order chi connectivity index (χ0) is 16.5. The maximum atomic E-state index is 5.49. The van der Waals surface area contributed by atoms with E-state index in [0.717, 1.165) is 42.6 Å². The van der Waals surface area contributed by atoms with Gasteiger partial charge < -0.3 is 9.64 Å². The van der Waals surface area contributed by atoms with Gasteiger partial charge in [-0.1, -0.05) is 12.1 Å². The van der Waals surface area contributed by atoms with Gasteiger partial charge in [0.2, 0.25) is 0 Å². The van der Waals surface area contributed by atoms with Crippen LogP contribution < -0.4 is 9.64 Å². The molecule has 1 fully saturated rings. The highest BCUT2D eigenvalue weighted by molar-refractivity contribution is 5.96. The first-order valence-corrected chi connectivity index (χ1v) is 8.29. The van der Waals surface area contributed by atoms with Gasteiger partial charge in [0, 0.05) is 24.7 Å². The second-order valence-corrected chi connectivity index (χ2v) is 6.26. The molecule has 1 aromatic carbocycles. The third-order valence-corrected chi connectivity index (χ3v) is 4.76. The lowest BCUT2D eigenvalue weighted by molar-refractivity contribution is 0.375. The Bertz CT molecular complexity index is 846. The molecule has 3 heterocycles. The van der Waals surface area contributed by atoms with Crippen molar-refractivity contribution >= 4 is 16.6 Å². The SMILES string of the molecule is COc1cccc2c(N3CCCC(n4cncn4)C3)c(C)cnc12. The van der Waals surface area contributed by atoms with E-state index in [9.17, 15) is 0 Å². The minimum absolute atomic E-state index is 0.356. The molecule has 1 unspecified atom stereocenters. The number of piperidine rings is 1. The fraction of sp³-hybridized carbons (Fsp3) is 0.389. The number of benzene rings is 1. The molecule has 0 saturated carbocycles. The van der Waals surface area contributed by atoms with Gasteiger partial charge in [-0.25, -0.2) is 9.67 Å². The highest BCUT2D eigenvalue weighted by Crippen LogP contribution is 2.36. The number of hydrogen-bond acceptors (Lipinski definition) is 5. The molecule has 0 aliphatic carbocycles. The zero-order valence-corrected chi connectivity index (χ0v) is 14.0. The number of hydrogen-bond donors (Lipinski definition) is 0. The fourth-order valence-electron chi connectivity index (χ4n) is 3.65. The van der Waals surface area contributed by atoms with Crippen LogP contribution in [0, 0.1) is 6.92 Å². The van der Waals surface area contributed by atoms with E-state index in [-0.39, 0.29) is 0 Å². The number of aryl methyl sites for hydroxylation is 1. The third kappa shape index (κ3) is 2.48. The topological polar surface area (TPSA) is 56.1 Å². The van der Waals surface area contributed by atoms with Gasteiger partial charge in [0.05, 0.1) is 18.8 Å². The third-order valence-electron chi connectivity index (χ3n) is 4.76. The normalized spacial score (nSPS) is 18.1. The van der Waals surface area contributed by atoms with Crippen LogP contribution in [0.2, 0.25) is 0 Å². The number of aromatic nitrogens is 4. The number of ether oxygens (including phenoxy) is 1. The van der Waals surface area contributed by atoms with Gasteiger partial charge in [-0.3, -0.25) is 4.98 Å². The molecule has 2 aromatic heterocycles. The summed E-state index contributed by atoms with van der Waals surface area (Å²) in [6.45, 7) is 4.10. The average molecular weight is 323 g/mol. The Morgan fingerprint density at radius 1 is 1.29 bits per heavy atom. The van der Waals surface area contributed by atoms with E-state index in [2.05, 4.69) is 33.0 Å². The predicted molar refractivity (Wildman–Crippen MR) is 93.5 cm³/mol. The molecule has 1 aliphatic rings. The molecule has 0 N–H and O–H groups in total. The Morgan fingerprint density at radius 2 is 2.21 bits per heavy atom. The summed E-state index contributed by atoms with van der Waals surface area (Å²) in [5.74, 6) is 0.818. The smallest absolute Gasteiger partial charge is 0.145 e. The first kappa shape index (κ1) is 14.9. The maximum Gasteiger partial charge on any atom is 0.145 e. The molecule has 0 radical (unpaired) electrons. The lowest BCUT2D eigenvalue weighted by atomic mass is 10.0. The Balaban J connectivity index is 1.76. The van der Waals surface area contributed by atoms with Crippen LogP contribution in [0.15, 0.2) is 37.1 Å². The highest BCUT2D eigenvalue weighted by Gasteiger charge is 2.24. The van der Waals surface area contributed by atoms with Crippen LogP contribution in [-0.2, 0) is 0 Å². The summed E-state index contributed by atoms with van der Waals surface area (Å²) >= 11 is 0. The van der Waals surface area contributed by atoms with Crippen molar-refractivity contribution in [1.82, 2.24) is 19.7 Å². The second kappa shape index (κ2) is 6.11. The second-order valence-electron chi connectivity index (χ2n) is 6.26. The van der Waals surface area contributed by atoms with Gasteiger partial charge in [0.15, 0.2) is 0 Å². The van der Waals surface area contributed by atoms with Crippen LogP contribution in [0.3, 0.4) is 0 Å². The summed E-state index contributed by atoms with van der Waals surface area (Å²) in [6.07, 6.45) is 7.63.